The van der Waals surface area contributed by atoms with Gasteiger partial charge in [-0.2, -0.15) is 0 Å². The highest BCUT2D eigenvalue weighted by molar-refractivity contribution is 8.00. The Balaban J connectivity index is 1.32. The van der Waals surface area contributed by atoms with Crippen LogP contribution in [0.3, 0.4) is 0 Å². The van der Waals surface area contributed by atoms with Crippen molar-refractivity contribution < 1.29 is 19.4 Å². The van der Waals surface area contributed by atoms with Gasteiger partial charge in [0.2, 0.25) is 10.9 Å². The third-order valence-electron chi connectivity index (χ3n) is 6.81. The van der Waals surface area contributed by atoms with Crippen LogP contribution in [0, 0.1) is 13.8 Å². The van der Waals surface area contributed by atoms with Crippen LogP contribution in [0.1, 0.15) is 43.1 Å². The van der Waals surface area contributed by atoms with E-state index in [9.17, 15) is 14.7 Å². The molecule has 5 aromatic rings. The normalized spacial score (nSPS) is 14.9. The number of hydrogen-bond donors (Lipinski definition) is 1. The van der Waals surface area contributed by atoms with Crippen molar-refractivity contribution in [2.75, 3.05) is 4.90 Å². The minimum Gasteiger partial charge on any atom is -0.503 e. The average molecular weight is 627 g/mol. The molecular weight excluding hydrogens is 601 g/mol. The fourth-order valence-corrected chi connectivity index (χ4v) is 7.48. The molecule has 1 unspecified atom stereocenters. The number of aliphatic hydroxyl groups is 1. The standard InChI is InChI=1S/C32H26N4O4S3/c1-19-29(42-20(2)33-19)27(37)25-26(23-13-15-24(16-14-23)40-17-21-9-5-3-6-10-21)36(30(39)28(25)38)31-34-35-32(43-31)41-18-22-11-7-4-8-12-22/h3-16,26,38H,17-18H2,1-2H3. The summed E-state index contributed by atoms with van der Waals surface area (Å²) in [6.45, 7) is 3.96. The number of carbonyl (C=O) groups excluding carboxylic acids is 2. The van der Waals surface area contributed by atoms with Crippen LogP contribution in [0.5, 0.6) is 5.75 Å². The van der Waals surface area contributed by atoms with Crippen LogP contribution >= 0.6 is 34.4 Å². The van der Waals surface area contributed by atoms with Gasteiger partial charge in [0.05, 0.1) is 27.2 Å². The predicted octanol–water partition coefficient (Wildman–Crippen LogP) is 7.27. The fraction of sp³-hybridized carbons (Fsp3) is 0.156. The Morgan fingerprint density at radius 3 is 2.26 bits per heavy atom. The Morgan fingerprint density at radius 1 is 0.930 bits per heavy atom. The number of ether oxygens (including phenoxy) is 1. The minimum atomic E-state index is -0.912. The molecule has 0 radical (unpaired) electrons. The van der Waals surface area contributed by atoms with Gasteiger partial charge in [-0.3, -0.25) is 14.5 Å². The Labute approximate surface area is 260 Å². The molecule has 1 aliphatic heterocycles. The largest absolute Gasteiger partial charge is 0.503 e. The lowest BCUT2D eigenvalue weighted by Gasteiger charge is -2.24. The Kier molecular flexibility index (Phi) is 8.37. The second-order valence-corrected chi connectivity index (χ2v) is 13.2. The van der Waals surface area contributed by atoms with E-state index < -0.39 is 23.5 Å². The number of anilines is 1. The molecule has 0 fully saturated rings. The first-order valence-corrected chi connectivity index (χ1v) is 16.0. The first-order chi connectivity index (χ1) is 20.9. The molecule has 6 rings (SSSR count). The summed E-state index contributed by atoms with van der Waals surface area (Å²) in [5.74, 6) is -0.414. The van der Waals surface area contributed by atoms with Crippen LogP contribution in [0.2, 0.25) is 0 Å². The van der Waals surface area contributed by atoms with E-state index in [-0.39, 0.29) is 5.57 Å². The smallest absolute Gasteiger partial charge is 0.296 e. The maximum Gasteiger partial charge on any atom is 0.296 e. The molecule has 0 saturated carbocycles. The maximum absolute atomic E-state index is 13.9. The van der Waals surface area contributed by atoms with Gasteiger partial charge in [0.25, 0.3) is 5.91 Å². The van der Waals surface area contributed by atoms with Crippen molar-refractivity contribution in [2.45, 2.75) is 36.6 Å². The summed E-state index contributed by atoms with van der Waals surface area (Å²) in [6.07, 6.45) is 0. The number of thioether (sulfide) groups is 1. The number of hydrogen-bond acceptors (Lipinski definition) is 10. The van der Waals surface area contributed by atoms with Gasteiger partial charge in [-0.1, -0.05) is 95.9 Å². The van der Waals surface area contributed by atoms with Crippen LogP contribution in [0.15, 0.2) is 101 Å². The number of amides is 1. The summed E-state index contributed by atoms with van der Waals surface area (Å²) in [4.78, 5) is 33.6. The molecule has 1 aliphatic rings. The van der Waals surface area contributed by atoms with Gasteiger partial charge in [0, 0.05) is 5.75 Å². The van der Waals surface area contributed by atoms with Crippen molar-refractivity contribution in [2.24, 2.45) is 0 Å². The molecule has 216 valence electrons. The lowest BCUT2D eigenvalue weighted by atomic mass is 9.95. The van der Waals surface area contributed by atoms with Crippen molar-refractivity contribution in [3.8, 4) is 5.75 Å². The van der Waals surface area contributed by atoms with Crippen molar-refractivity contribution in [3.63, 3.8) is 0 Å². The fourth-order valence-electron chi connectivity index (χ4n) is 4.78. The van der Waals surface area contributed by atoms with E-state index in [2.05, 4.69) is 15.2 Å². The quantitative estimate of drug-likeness (QED) is 0.0981. The summed E-state index contributed by atoms with van der Waals surface area (Å²) in [5.41, 5.74) is 3.34. The summed E-state index contributed by atoms with van der Waals surface area (Å²) < 4.78 is 6.62. The SMILES string of the molecule is Cc1nc(C)c(C(=O)C2=C(O)C(=O)N(c3nnc(SCc4ccccc4)s3)C2c2ccc(OCc3ccccc3)cc2)s1. The van der Waals surface area contributed by atoms with E-state index in [1.807, 2.05) is 67.6 Å². The molecule has 3 heterocycles. The van der Waals surface area contributed by atoms with E-state index in [1.54, 1.807) is 31.2 Å². The average Bonchev–Trinajstić information content (AvgIpc) is 3.71. The van der Waals surface area contributed by atoms with E-state index in [4.69, 9.17) is 4.74 Å². The molecule has 1 N–H and O–H groups in total. The molecule has 0 saturated heterocycles. The summed E-state index contributed by atoms with van der Waals surface area (Å²) in [6, 6.07) is 26.1. The zero-order valence-electron chi connectivity index (χ0n) is 23.3. The summed E-state index contributed by atoms with van der Waals surface area (Å²) >= 11 is 3.99. The second-order valence-electron chi connectivity index (χ2n) is 9.78. The minimum absolute atomic E-state index is 0.0107. The molecule has 43 heavy (non-hydrogen) atoms. The highest BCUT2D eigenvalue weighted by Crippen LogP contribution is 2.44. The number of aromatic nitrogens is 3. The van der Waals surface area contributed by atoms with Gasteiger partial charge < -0.3 is 9.84 Å². The van der Waals surface area contributed by atoms with Gasteiger partial charge in [0.1, 0.15) is 12.4 Å². The third-order valence-corrected chi connectivity index (χ3v) is 10.0. The molecule has 0 bridgehead atoms. The number of aryl methyl sites for hydroxylation is 2. The van der Waals surface area contributed by atoms with Crippen molar-refractivity contribution in [1.29, 1.82) is 0 Å². The number of rotatable bonds is 10. The van der Waals surface area contributed by atoms with Crippen molar-refractivity contribution in [1.82, 2.24) is 15.2 Å². The molecule has 0 aliphatic carbocycles. The van der Waals surface area contributed by atoms with Gasteiger partial charge >= 0.3 is 0 Å². The van der Waals surface area contributed by atoms with Crippen LogP contribution in [0.4, 0.5) is 5.13 Å². The van der Waals surface area contributed by atoms with E-state index >= 15 is 0 Å². The zero-order valence-corrected chi connectivity index (χ0v) is 25.7. The lowest BCUT2D eigenvalue weighted by molar-refractivity contribution is -0.117. The van der Waals surface area contributed by atoms with Crippen molar-refractivity contribution >= 4 is 51.3 Å². The molecule has 2 aromatic heterocycles. The number of Topliss-reactive ketones (excluding diaryl/α,β-unsaturated/α-hetero) is 1. The van der Waals surface area contributed by atoms with E-state index in [0.717, 1.165) is 16.1 Å². The lowest BCUT2D eigenvalue weighted by Crippen LogP contribution is -2.31. The summed E-state index contributed by atoms with van der Waals surface area (Å²) in [5, 5.41) is 20.8. The highest BCUT2D eigenvalue weighted by atomic mass is 32.2. The third kappa shape index (κ3) is 6.10. The monoisotopic (exact) mass is 626 g/mol. The zero-order chi connectivity index (χ0) is 29.9. The van der Waals surface area contributed by atoms with Gasteiger partial charge in [-0.05, 0) is 42.7 Å². The topological polar surface area (TPSA) is 106 Å². The van der Waals surface area contributed by atoms with Crippen LogP contribution in [-0.4, -0.2) is 32.0 Å². The van der Waals surface area contributed by atoms with Crippen LogP contribution in [0.25, 0.3) is 0 Å². The van der Waals surface area contributed by atoms with Gasteiger partial charge in [-0.25, -0.2) is 4.98 Å². The first-order valence-electron chi connectivity index (χ1n) is 13.4. The maximum atomic E-state index is 13.9. The molecule has 3 aromatic carbocycles. The van der Waals surface area contributed by atoms with Gasteiger partial charge in [0.15, 0.2) is 10.1 Å². The molecular formula is C32H26N4O4S3. The molecule has 1 amide bonds. The Morgan fingerprint density at radius 2 is 1.60 bits per heavy atom. The van der Waals surface area contributed by atoms with Gasteiger partial charge in [-0.15, -0.1) is 21.5 Å². The number of thiazole rings is 1. The van der Waals surface area contributed by atoms with E-state index in [0.29, 0.717) is 43.7 Å². The Hall–Kier alpha value is -4.32. The van der Waals surface area contributed by atoms with E-state index in [1.165, 1.54) is 39.3 Å². The molecule has 8 nitrogen and oxygen atoms in total. The number of ketones is 1. The predicted molar refractivity (Wildman–Crippen MR) is 169 cm³/mol. The molecule has 1 atom stereocenters. The number of aliphatic hydroxyl groups excluding tert-OH is 1. The van der Waals surface area contributed by atoms with Crippen LogP contribution < -0.4 is 9.64 Å². The van der Waals surface area contributed by atoms with Crippen molar-refractivity contribution in [3.05, 3.63) is 129 Å². The number of benzene rings is 3. The number of nitrogens with zero attached hydrogens (tertiary/aromatic N) is 4. The second kappa shape index (κ2) is 12.5. The number of carbonyl (C=O) groups is 2. The molecule has 11 heteroatoms. The van der Waals surface area contributed by atoms with Crippen LogP contribution in [-0.2, 0) is 17.2 Å². The highest BCUT2D eigenvalue weighted by Gasteiger charge is 2.46. The Bertz CT molecular complexity index is 1800. The molecule has 0 spiro atoms. The summed E-state index contributed by atoms with van der Waals surface area (Å²) in [7, 11) is 0. The first kappa shape index (κ1) is 28.8.